The second-order valence-electron chi connectivity index (χ2n) is 3.24. The molecule has 14 heavy (non-hydrogen) atoms. The van der Waals surface area contributed by atoms with Crippen molar-refractivity contribution >= 4 is 5.97 Å². The maximum absolute atomic E-state index is 10.6. The molecule has 1 N–H and O–H groups in total. The molecule has 1 heterocycles. The smallest absolute Gasteiger partial charge is 0.302 e. The predicted molar refractivity (Wildman–Crippen MR) is 49.5 cm³/mol. The van der Waals surface area contributed by atoms with Gasteiger partial charge in [0.25, 0.3) is 0 Å². The summed E-state index contributed by atoms with van der Waals surface area (Å²) in [7, 11) is 1.81. The molecule has 1 aliphatic rings. The van der Waals surface area contributed by atoms with Gasteiger partial charge in [-0.25, -0.2) is 0 Å². The van der Waals surface area contributed by atoms with Gasteiger partial charge >= 0.3 is 5.97 Å². The first-order valence-electron chi connectivity index (χ1n) is 4.77. The topological polar surface area (TPSA) is 56.8 Å². The lowest BCUT2D eigenvalue weighted by Gasteiger charge is -2.28. The zero-order valence-corrected chi connectivity index (χ0v) is 8.62. The summed E-state index contributed by atoms with van der Waals surface area (Å²) < 4.78 is 15.7. The van der Waals surface area contributed by atoms with Crippen LogP contribution in [-0.2, 0) is 19.0 Å². The first-order valence-corrected chi connectivity index (χ1v) is 4.77. The lowest BCUT2D eigenvalue weighted by molar-refractivity contribution is -0.199. The molecule has 2 atom stereocenters. The molecule has 0 bridgehead atoms. The summed E-state index contributed by atoms with van der Waals surface area (Å²) in [6.45, 7) is 2.31. The van der Waals surface area contributed by atoms with Gasteiger partial charge < -0.3 is 14.2 Å². The molecule has 0 aromatic heterocycles. The van der Waals surface area contributed by atoms with Gasteiger partial charge in [-0.1, -0.05) is 0 Å². The van der Waals surface area contributed by atoms with Crippen molar-refractivity contribution < 1.29 is 19.0 Å². The highest BCUT2D eigenvalue weighted by atomic mass is 16.7. The number of hydrogen-bond acceptors (Lipinski definition) is 5. The Morgan fingerprint density at radius 2 is 2.36 bits per heavy atom. The molecular weight excluding hydrogens is 186 g/mol. The highest BCUT2D eigenvalue weighted by Gasteiger charge is 2.23. The van der Waals surface area contributed by atoms with Crippen molar-refractivity contribution in [3.63, 3.8) is 0 Å². The van der Waals surface area contributed by atoms with Gasteiger partial charge in [0, 0.05) is 13.3 Å². The largest absolute Gasteiger partial charge is 0.460 e. The quantitative estimate of drug-likeness (QED) is 0.524. The van der Waals surface area contributed by atoms with Crippen LogP contribution in [0, 0.1) is 0 Å². The summed E-state index contributed by atoms with van der Waals surface area (Å²) in [5.41, 5.74) is 0. The van der Waals surface area contributed by atoms with Crippen molar-refractivity contribution in [1.29, 1.82) is 0 Å². The predicted octanol–water partition coefficient (Wildman–Crippen LogP) is 0.248. The molecule has 0 aromatic rings. The van der Waals surface area contributed by atoms with E-state index in [0.717, 1.165) is 12.8 Å². The van der Waals surface area contributed by atoms with Crippen LogP contribution in [0.5, 0.6) is 0 Å². The van der Waals surface area contributed by atoms with Crippen LogP contribution in [0.25, 0.3) is 0 Å². The summed E-state index contributed by atoms with van der Waals surface area (Å²) in [5, 5.41) is 2.87. The van der Waals surface area contributed by atoms with Crippen molar-refractivity contribution in [2.24, 2.45) is 0 Å². The van der Waals surface area contributed by atoms with Crippen molar-refractivity contribution in [1.82, 2.24) is 5.32 Å². The van der Waals surface area contributed by atoms with E-state index in [1.165, 1.54) is 6.92 Å². The molecular formula is C9H17NO4. The van der Waals surface area contributed by atoms with Gasteiger partial charge in [0.15, 0.2) is 6.29 Å². The minimum atomic E-state index is -0.256. The molecule has 0 radical (unpaired) electrons. The normalized spacial score (nSPS) is 27.3. The van der Waals surface area contributed by atoms with Crippen LogP contribution in [-0.4, -0.2) is 38.7 Å². The van der Waals surface area contributed by atoms with E-state index in [2.05, 4.69) is 5.32 Å². The molecule has 1 aliphatic heterocycles. The van der Waals surface area contributed by atoms with E-state index in [1.807, 2.05) is 7.05 Å². The summed E-state index contributed by atoms with van der Waals surface area (Å²) in [6, 6.07) is 0. The summed E-state index contributed by atoms with van der Waals surface area (Å²) in [4.78, 5) is 10.6. The van der Waals surface area contributed by atoms with E-state index < -0.39 is 0 Å². The standard InChI is InChI=1S/C9H17NO4/c1-7(11)14-8-3-4-9(12-5-8)13-6-10-2/h8-10H,3-6H2,1-2H3/t8-,9+/m0/s1. The van der Waals surface area contributed by atoms with E-state index in [9.17, 15) is 4.79 Å². The second-order valence-corrected chi connectivity index (χ2v) is 3.24. The van der Waals surface area contributed by atoms with Crippen molar-refractivity contribution in [2.45, 2.75) is 32.2 Å². The first-order chi connectivity index (χ1) is 6.72. The molecule has 82 valence electrons. The molecule has 0 saturated carbocycles. The Morgan fingerprint density at radius 3 is 2.86 bits per heavy atom. The van der Waals surface area contributed by atoms with Gasteiger partial charge in [-0.2, -0.15) is 0 Å². The zero-order valence-electron chi connectivity index (χ0n) is 8.62. The van der Waals surface area contributed by atoms with Crippen LogP contribution in [0.15, 0.2) is 0 Å². The maximum atomic E-state index is 10.6. The first kappa shape index (κ1) is 11.4. The van der Waals surface area contributed by atoms with Crippen LogP contribution in [0.3, 0.4) is 0 Å². The summed E-state index contributed by atoms with van der Waals surface area (Å²) in [5.74, 6) is -0.256. The zero-order chi connectivity index (χ0) is 10.4. The average Bonchev–Trinajstić information content (AvgIpc) is 2.16. The third-order valence-electron chi connectivity index (χ3n) is 1.94. The van der Waals surface area contributed by atoms with Crippen molar-refractivity contribution in [3.8, 4) is 0 Å². The van der Waals surface area contributed by atoms with Gasteiger partial charge in [0.2, 0.25) is 0 Å². The number of ether oxygens (including phenoxy) is 3. The van der Waals surface area contributed by atoms with Crippen LogP contribution in [0.2, 0.25) is 0 Å². The molecule has 1 rings (SSSR count). The van der Waals surface area contributed by atoms with E-state index in [1.54, 1.807) is 0 Å². The average molecular weight is 203 g/mol. The van der Waals surface area contributed by atoms with E-state index in [-0.39, 0.29) is 18.4 Å². The van der Waals surface area contributed by atoms with Crippen LogP contribution in [0.1, 0.15) is 19.8 Å². The van der Waals surface area contributed by atoms with E-state index in [0.29, 0.717) is 13.3 Å². The molecule has 0 aliphatic carbocycles. The Kier molecular flexibility index (Phi) is 4.86. The Morgan fingerprint density at radius 1 is 1.57 bits per heavy atom. The van der Waals surface area contributed by atoms with Crippen LogP contribution in [0.4, 0.5) is 0 Å². The SMILES string of the molecule is CNCO[C@@H]1CC[C@H](OC(C)=O)CO1. The number of esters is 1. The Hall–Kier alpha value is -0.650. The van der Waals surface area contributed by atoms with E-state index >= 15 is 0 Å². The maximum Gasteiger partial charge on any atom is 0.302 e. The summed E-state index contributed by atoms with van der Waals surface area (Å²) in [6.07, 6.45) is 1.28. The third kappa shape index (κ3) is 4.04. The van der Waals surface area contributed by atoms with Gasteiger partial charge in [-0.15, -0.1) is 0 Å². The van der Waals surface area contributed by atoms with E-state index in [4.69, 9.17) is 14.2 Å². The van der Waals surface area contributed by atoms with Gasteiger partial charge in [-0.3, -0.25) is 10.1 Å². The lowest BCUT2D eigenvalue weighted by Crippen LogP contribution is -2.35. The highest BCUT2D eigenvalue weighted by molar-refractivity contribution is 5.66. The molecule has 1 fully saturated rings. The fourth-order valence-electron chi connectivity index (χ4n) is 1.34. The molecule has 5 heteroatoms. The fourth-order valence-corrected chi connectivity index (χ4v) is 1.34. The highest BCUT2D eigenvalue weighted by Crippen LogP contribution is 2.16. The number of hydrogen-bond donors (Lipinski definition) is 1. The molecule has 0 spiro atoms. The molecule has 5 nitrogen and oxygen atoms in total. The Bertz CT molecular complexity index is 178. The van der Waals surface area contributed by atoms with Gasteiger partial charge in [0.05, 0.1) is 13.3 Å². The third-order valence-corrected chi connectivity index (χ3v) is 1.94. The molecule has 0 amide bonds. The van der Waals surface area contributed by atoms with Crippen LogP contribution < -0.4 is 5.32 Å². The minimum Gasteiger partial charge on any atom is -0.460 e. The lowest BCUT2D eigenvalue weighted by atomic mass is 10.1. The summed E-state index contributed by atoms with van der Waals surface area (Å²) >= 11 is 0. The van der Waals surface area contributed by atoms with Gasteiger partial charge in [-0.05, 0) is 13.5 Å². The Balaban J connectivity index is 2.14. The fraction of sp³-hybridized carbons (Fsp3) is 0.889. The number of nitrogens with one attached hydrogen (secondary N) is 1. The Labute approximate surface area is 83.7 Å². The minimum absolute atomic E-state index is 0.109. The van der Waals surface area contributed by atoms with Crippen molar-refractivity contribution in [2.75, 3.05) is 20.4 Å². The molecule has 0 unspecified atom stereocenters. The number of rotatable bonds is 4. The number of carbonyl (C=O) groups excluding carboxylic acids is 1. The monoisotopic (exact) mass is 203 g/mol. The van der Waals surface area contributed by atoms with Gasteiger partial charge in [0.1, 0.15) is 6.10 Å². The van der Waals surface area contributed by atoms with Crippen LogP contribution >= 0.6 is 0 Å². The molecule has 0 aromatic carbocycles. The second kappa shape index (κ2) is 5.95. The molecule has 1 saturated heterocycles. The number of carbonyl (C=O) groups is 1. The van der Waals surface area contributed by atoms with Crippen molar-refractivity contribution in [3.05, 3.63) is 0 Å².